The number of benzene rings is 1. The predicted octanol–water partition coefficient (Wildman–Crippen LogP) is 2.97. The van der Waals surface area contributed by atoms with E-state index in [1.807, 2.05) is 37.3 Å². The zero-order chi connectivity index (χ0) is 19.3. The Hall–Kier alpha value is -2.60. The number of urea groups is 1. The first-order chi connectivity index (χ1) is 13.0. The highest BCUT2D eigenvalue weighted by Crippen LogP contribution is 2.34. The monoisotopic (exact) mass is 369 g/mol. The molecule has 27 heavy (non-hydrogen) atoms. The smallest absolute Gasteiger partial charge is 0.341 e. The lowest BCUT2D eigenvalue weighted by molar-refractivity contribution is -0.127. The van der Waals surface area contributed by atoms with Crippen LogP contribution in [0.1, 0.15) is 37.7 Å². The summed E-state index contributed by atoms with van der Waals surface area (Å²) in [5.41, 5.74) is 0.495. The number of nitrogens with zero attached hydrogens (tertiary/aromatic N) is 1. The second-order valence-electron chi connectivity index (χ2n) is 7.15. The van der Waals surface area contributed by atoms with Gasteiger partial charge in [0.1, 0.15) is 0 Å². The summed E-state index contributed by atoms with van der Waals surface area (Å²) in [4.78, 5) is 24.4. The van der Waals surface area contributed by atoms with Gasteiger partial charge in [-0.1, -0.05) is 61.6 Å². The van der Waals surface area contributed by atoms with Crippen molar-refractivity contribution in [2.45, 2.75) is 38.1 Å². The molecule has 1 aromatic carbocycles. The Balaban J connectivity index is 1.52. The molecule has 1 aromatic rings. The van der Waals surface area contributed by atoms with Crippen LogP contribution in [0.2, 0.25) is 0 Å². The molecule has 0 heterocycles. The van der Waals surface area contributed by atoms with Crippen molar-refractivity contribution in [3.05, 3.63) is 60.2 Å². The van der Waals surface area contributed by atoms with Gasteiger partial charge in [-0.05, 0) is 24.8 Å². The molecular weight excluding hydrogens is 342 g/mol. The fourth-order valence-electron chi connectivity index (χ4n) is 3.13. The third-order valence-corrected chi connectivity index (χ3v) is 5.14. The van der Waals surface area contributed by atoms with Gasteiger partial charge in [0, 0.05) is 18.5 Å². The van der Waals surface area contributed by atoms with E-state index in [1.54, 1.807) is 0 Å². The van der Waals surface area contributed by atoms with E-state index in [0.717, 1.165) is 12.8 Å². The van der Waals surface area contributed by atoms with Crippen molar-refractivity contribution < 1.29 is 14.8 Å². The maximum Gasteiger partial charge on any atom is 0.341 e. The Morgan fingerprint density at radius 3 is 2.44 bits per heavy atom. The van der Waals surface area contributed by atoms with Crippen LogP contribution in [0.5, 0.6) is 0 Å². The topological polar surface area (TPSA) is 81.7 Å². The molecule has 144 valence electrons. The molecule has 1 saturated carbocycles. The molecule has 1 fully saturated rings. The lowest BCUT2D eigenvalue weighted by Crippen LogP contribution is -2.45. The molecule has 3 amide bonds. The van der Waals surface area contributed by atoms with Crippen LogP contribution in [-0.2, 0) is 4.79 Å². The summed E-state index contributed by atoms with van der Waals surface area (Å²) >= 11 is 0. The summed E-state index contributed by atoms with van der Waals surface area (Å²) in [7, 11) is 0. The molecule has 0 aromatic heterocycles. The standard InChI is InChI=1S/C21H27N3O3/c1-2-21(12-10-17(11-13-21)16-6-4-3-5-7-16)19(25)22-14-15-24(27)20(26)23-18-8-9-18/h3-7,10-13,17-18,27H,2,8-9,14-15H2,1H3,(H,22,25)(H,23,26). The van der Waals surface area contributed by atoms with Crippen LogP contribution >= 0.6 is 0 Å². The quantitative estimate of drug-likeness (QED) is 0.393. The zero-order valence-corrected chi connectivity index (χ0v) is 15.6. The lowest BCUT2D eigenvalue weighted by atomic mass is 9.77. The minimum atomic E-state index is -0.693. The summed E-state index contributed by atoms with van der Waals surface area (Å²) in [6.07, 6.45) is 10.6. The minimum Gasteiger partial charge on any atom is -0.353 e. The predicted molar refractivity (Wildman–Crippen MR) is 103 cm³/mol. The molecule has 2 aliphatic carbocycles. The second kappa shape index (κ2) is 8.39. The maximum atomic E-state index is 12.7. The van der Waals surface area contributed by atoms with Gasteiger partial charge in [-0.2, -0.15) is 0 Å². The Bertz CT molecular complexity index is 711. The number of amides is 3. The molecule has 6 nitrogen and oxygen atoms in total. The molecule has 6 heteroatoms. The van der Waals surface area contributed by atoms with E-state index in [1.165, 1.54) is 5.56 Å². The fraction of sp³-hybridized carbons (Fsp3) is 0.429. The highest BCUT2D eigenvalue weighted by atomic mass is 16.5. The largest absolute Gasteiger partial charge is 0.353 e. The molecule has 0 unspecified atom stereocenters. The van der Waals surface area contributed by atoms with Crippen molar-refractivity contribution in [2.75, 3.05) is 13.1 Å². The van der Waals surface area contributed by atoms with E-state index in [0.29, 0.717) is 11.5 Å². The molecular formula is C21H27N3O3. The third kappa shape index (κ3) is 4.77. The summed E-state index contributed by atoms with van der Waals surface area (Å²) in [6, 6.07) is 9.80. The van der Waals surface area contributed by atoms with E-state index in [4.69, 9.17) is 0 Å². The van der Waals surface area contributed by atoms with Crippen LogP contribution in [0, 0.1) is 5.41 Å². The van der Waals surface area contributed by atoms with Crippen LogP contribution in [0.3, 0.4) is 0 Å². The number of rotatable bonds is 7. The van der Waals surface area contributed by atoms with Gasteiger partial charge in [-0.3, -0.25) is 10.0 Å². The van der Waals surface area contributed by atoms with Crippen LogP contribution in [-0.4, -0.2) is 41.3 Å². The lowest BCUT2D eigenvalue weighted by Gasteiger charge is -2.29. The minimum absolute atomic E-state index is 0.0458. The van der Waals surface area contributed by atoms with Crippen molar-refractivity contribution in [3.63, 3.8) is 0 Å². The Kier molecular flexibility index (Phi) is 5.96. The van der Waals surface area contributed by atoms with Gasteiger partial charge in [0.2, 0.25) is 5.91 Å². The van der Waals surface area contributed by atoms with Gasteiger partial charge in [0.25, 0.3) is 0 Å². The number of carbonyl (C=O) groups is 2. The maximum absolute atomic E-state index is 12.7. The van der Waals surface area contributed by atoms with Crippen molar-refractivity contribution >= 4 is 11.9 Å². The first-order valence-electron chi connectivity index (χ1n) is 9.53. The highest BCUT2D eigenvalue weighted by Gasteiger charge is 2.33. The summed E-state index contributed by atoms with van der Waals surface area (Å²) in [6.45, 7) is 2.21. The van der Waals surface area contributed by atoms with Crippen LogP contribution < -0.4 is 10.6 Å². The van der Waals surface area contributed by atoms with Gasteiger partial charge in [0.15, 0.2) is 0 Å². The zero-order valence-electron chi connectivity index (χ0n) is 15.6. The Morgan fingerprint density at radius 1 is 1.19 bits per heavy atom. The van der Waals surface area contributed by atoms with Crippen molar-refractivity contribution in [1.82, 2.24) is 15.7 Å². The Labute approximate surface area is 159 Å². The van der Waals surface area contributed by atoms with Crippen molar-refractivity contribution in [3.8, 4) is 0 Å². The van der Waals surface area contributed by atoms with E-state index in [-0.39, 0.29) is 31.0 Å². The number of nitrogens with one attached hydrogen (secondary N) is 2. The van der Waals surface area contributed by atoms with Gasteiger partial charge in [-0.15, -0.1) is 0 Å². The molecule has 0 aliphatic heterocycles. The summed E-state index contributed by atoms with van der Waals surface area (Å²) in [5, 5.41) is 15.9. The van der Waals surface area contributed by atoms with Gasteiger partial charge >= 0.3 is 6.03 Å². The SMILES string of the molecule is CCC1(C(=O)NCCN(O)C(=O)NC2CC2)C=CC(c2ccccc2)C=C1. The summed E-state index contributed by atoms with van der Waals surface area (Å²) in [5.74, 6) is 0.0396. The molecule has 3 rings (SSSR count). The first-order valence-corrected chi connectivity index (χ1v) is 9.53. The molecule has 0 saturated heterocycles. The molecule has 0 atom stereocenters. The van der Waals surface area contributed by atoms with E-state index in [2.05, 4.69) is 34.9 Å². The van der Waals surface area contributed by atoms with Crippen molar-refractivity contribution in [2.24, 2.45) is 5.41 Å². The number of carbonyl (C=O) groups excluding carboxylic acids is 2. The van der Waals surface area contributed by atoms with Crippen LogP contribution in [0.25, 0.3) is 0 Å². The normalized spacial score (nSPS) is 23.7. The number of hydrogen-bond acceptors (Lipinski definition) is 3. The average molecular weight is 369 g/mol. The molecule has 3 N–H and O–H groups in total. The van der Waals surface area contributed by atoms with Crippen molar-refractivity contribution in [1.29, 1.82) is 0 Å². The Morgan fingerprint density at radius 2 is 1.85 bits per heavy atom. The molecule has 2 aliphatic rings. The molecule has 0 spiro atoms. The van der Waals surface area contributed by atoms with Gasteiger partial charge in [-0.25, -0.2) is 9.86 Å². The average Bonchev–Trinajstić information content (AvgIpc) is 3.52. The van der Waals surface area contributed by atoms with Gasteiger partial charge < -0.3 is 10.6 Å². The van der Waals surface area contributed by atoms with E-state index >= 15 is 0 Å². The highest BCUT2D eigenvalue weighted by molar-refractivity contribution is 5.87. The second-order valence-corrected chi connectivity index (χ2v) is 7.15. The van der Waals surface area contributed by atoms with Crippen LogP contribution in [0.15, 0.2) is 54.6 Å². The number of hydrogen-bond donors (Lipinski definition) is 3. The third-order valence-electron chi connectivity index (χ3n) is 5.14. The first kappa shape index (κ1) is 19.2. The number of allylic oxidation sites excluding steroid dienone is 2. The van der Waals surface area contributed by atoms with Gasteiger partial charge in [0.05, 0.1) is 12.0 Å². The molecule has 0 radical (unpaired) electrons. The van der Waals surface area contributed by atoms with E-state index < -0.39 is 11.4 Å². The summed E-state index contributed by atoms with van der Waals surface area (Å²) < 4.78 is 0. The number of hydroxylamine groups is 2. The fourth-order valence-corrected chi connectivity index (χ4v) is 3.13. The van der Waals surface area contributed by atoms with Crippen LogP contribution in [0.4, 0.5) is 4.79 Å². The molecule has 0 bridgehead atoms. The van der Waals surface area contributed by atoms with E-state index in [9.17, 15) is 14.8 Å².